The lowest BCUT2D eigenvalue weighted by Crippen LogP contribution is -2.60. The molecule has 16 atom stereocenters. The summed E-state index contributed by atoms with van der Waals surface area (Å²) in [5.74, 6) is -3.61. The number of rotatable bonds is 7. The number of unbranched alkanes of at least 4 members (excludes halogenated alkanes) is 1. The van der Waals surface area contributed by atoms with Gasteiger partial charge in [-0.05, 0) is 126 Å². The maximum absolute atomic E-state index is 14.7. The first-order chi connectivity index (χ1) is 32.7. The number of aliphatic hydroxyl groups is 4. The number of ether oxygens (including phenoxy) is 4. The van der Waals surface area contributed by atoms with Gasteiger partial charge in [-0.3, -0.25) is 19.2 Å². The van der Waals surface area contributed by atoms with Crippen LogP contribution in [0.1, 0.15) is 152 Å². The number of carbonyl (C=O) groups is 4. The summed E-state index contributed by atoms with van der Waals surface area (Å²) < 4.78 is 23.6. The van der Waals surface area contributed by atoms with Crippen molar-refractivity contribution in [3.63, 3.8) is 0 Å². The molecule has 4 aliphatic rings. The fourth-order valence-electron chi connectivity index (χ4n) is 10.9. The van der Waals surface area contributed by atoms with Crippen LogP contribution in [0.25, 0.3) is 0 Å². The Hall–Kier alpha value is -3.48. The van der Waals surface area contributed by atoms with Gasteiger partial charge in [0.2, 0.25) is 5.79 Å². The predicted molar refractivity (Wildman–Crippen MR) is 266 cm³/mol. The summed E-state index contributed by atoms with van der Waals surface area (Å²) in [4.78, 5) is 58.6. The van der Waals surface area contributed by atoms with Crippen molar-refractivity contribution in [3.05, 3.63) is 47.6 Å². The van der Waals surface area contributed by atoms with Gasteiger partial charge in [0.05, 0.1) is 30.5 Å². The fraction of sp³-hybridized carbons (Fsp3) is 0.750. The van der Waals surface area contributed by atoms with Crippen LogP contribution in [-0.4, -0.2) is 124 Å². The Kier molecular flexibility index (Phi) is 23.5. The zero-order valence-corrected chi connectivity index (χ0v) is 43.4. The van der Waals surface area contributed by atoms with Crippen LogP contribution in [0.3, 0.4) is 0 Å². The second-order valence-electron chi connectivity index (χ2n) is 21.2. The summed E-state index contributed by atoms with van der Waals surface area (Å²) in [5, 5.41) is 46.1. The van der Waals surface area contributed by atoms with Gasteiger partial charge in [0.1, 0.15) is 24.4 Å². The molecule has 3 aliphatic heterocycles. The smallest absolute Gasteiger partial charge is 0.296 e. The third kappa shape index (κ3) is 16.3. The highest BCUT2D eigenvalue weighted by molar-refractivity contribution is 6.39. The highest BCUT2D eigenvalue weighted by atomic mass is 16.6. The summed E-state index contributed by atoms with van der Waals surface area (Å²) in [6, 6.07) is -0.905. The number of piperidine rings is 1. The van der Waals surface area contributed by atoms with E-state index >= 15 is 0 Å². The Morgan fingerprint density at radius 3 is 2.30 bits per heavy atom. The zero-order valence-electron chi connectivity index (χ0n) is 43.4. The Morgan fingerprint density at radius 2 is 1.61 bits per heavy atom. The van der Waals surface area contributed by atoms with Gasteiger partial charge in [-0.15, -0.1) is 0 Å². The van der Waals surface area contributed by atoms with E-state index in [1.807, 2.05) is 65.0 Å². The Labute approximate surface area is 413 Å². The van der Waals surface area contributed by atoms with E-state index in [1.165, 1.54) is 12.0 Å². The summed E-state index contributed by atoms with van der Waals surface area (Å²) >= 11 is 0. The SMILES string of the molecule is CCCC#CO[C@H]1C[C@@H]2CC[C@@H](C)[C@@](O)(O2)C(=O)C(=O)N2CCCC[C@H]2C(=O)C[C@H]([C@H](C)C[C@@H]2CCC(O)[C@H](OC)C2)CC(O)[C@H](C)/C=C(\C)[C@@H](O)[C@@H](OC)C(=O)[C@H](C)C[C@H](C)/C=C/C=C/C=C/1C. The molecule has 388 valence electrons. The molecule has 0 aromatic heterocycles. The number of ketones is 3. The van der Waals surface area contributed by atoms with Gasteiger partial charge in [0.25, 0.3) is 11.7 Å². The first-order valence-electron chi connectivity index (χ1n) is 26.0. The van der Waals surface area contributed by atoms with E-state index < -0.39 is 77.9 Å². The predicted octanol–water partition coefficient (Wildman–Crippen LogP) is 7.77. The molecule has 2 unspecified atom stereocenters. The van der Waals surface area contributed by atoms with E-state index in [-0.39, 0.29) is 67.1 Å². The highest BCUT2D eigenvalue weighted by Gasteiger charge is 2.53. The third-order valence-electron chi connectivity index (χ3n) is 15.6. The maximum Gasteiger partial charge on any atom is 0.296 e. The molecule has 0 aromatic carbocycles. The molecule has 2 saturated heterocycles. The van der Waals surface area contributed by atoms with Crippen molar-refractivity contribution >= 4 is 23.3 Å². The Bertz CT molecular complexity index is 1880. The summed E-state index contributed by atoms with van der Waals surface area (Å²) in [7, 11) is 3.01. The van der Waals surface area contributed by atoms with Crippen LogP contribution in [0.2, 0.25) is 0 Å². The van der Waals surface area contributed by atoms with Crippen LogP contribution in [-0.2, 0) is 38.1 Å². The molecule has 13 heteroatoms. The van der Waals surface area contributed by atoms with E-state index in [1.54, 1.807) is 27.0 Å². The van der Waals surface area contributed by atoms with Crippen molar-refractivity contribution in [3.8, 4) is 12.0 Å². The van der Waals surface area contributed by atoms with Gasteiger partial charge in [-0.25, -0.2) is 0 Å². The lowest BCUT2D eigenvalue weighted by Gasteiger charge is -2.43. The average Bonchev–Trinajstić information content (AvgIpc) is 3.32. The van der Waals surface area contributed by atoms with Crippen molar-refractivity contribution in [2.75, 3.05) is 20.8 Å². The molecule has 4 rings (SSSR count). The van der Waals surface area contributed by atoms with Gasteiger partial charge in [0.15, 0.2) is 11.6 Å². The van der Waals surface area contributed by atoms with E-state index in [4.69, 9.17) is 18.9 Å². The second-order valence-corrected chi connectivity index (χ2v) is 21.2. The van der Waals surface area contributed by atoms with Crippen LogP contribution in [0.5, 0.6) is 0 Å². The molecule has 3 heterocycles. The second kappa shape index (κ2) is 27.9. The van der Waals surface area contributed by atoms with Gasteiger partial charge < -0.3 is 44.3 Å². The number of nitrogens with zero attached hydrogens (tertiary/aromatic N) is 1. The summed E-state index contributed by atoms with van der Waals surface area (Å²) in [6.07, 6.45) is 16.8. The number of fused-ring (bicyclic) bond motifs is 3. The van der Waals surface area contributed by atoms with E-state index in [0.29, 0.717) is 63.4 Å². The van der Waals surface area contributed by atoms with Gasteiger partial charge in [-0.1, -0.05) is 83.9 Å². The lowest BCUT2D eigenvalue weighted by atomic mass is 9.73. The number of Topliss-reactive ketones (excluding diaryl/α,β-unsaturated/α-hetero) is 3. The number of aliphatic hydroxyl groups excluding tert-OH is 3. The molecule has 1 aliphatic carbocycles. The van der Waals surface area contributed by atoms with E-state index in [9.17, 15) is 39.6 Å². The molecule has 3 fully saturated rings. The zero-order chi connectivity index (χ0) is 51.0. The van der Waals surface area contributed by atoms with Gasteiger partial charge in [-0.2, -0.15) is 0 Å². The molecular formula is C56H87NO12. The van der Waals surface area contributed by atoms with E-state index in [2.05, 4.69) is 19.0 Å². The van der Waals surface area contributed by atoms with Crippen LogP contribution in [0.4, 0.5) is 0 Å². The lowest BCUT2D eigenvalue weighted by molar-refractivity contribution is -0.265. The molecule has 0 radical (unpaired) electrons. The fourth-order valence-corrected chi connectivity index (χ4v) is 10.9. The number of amides is 1. The molecule has 0 spiro atoms. The molecule has 69 heavy (non-hydrogen) atoms. The first kappa shape index (κ1) is 58.1. The van der Waals surface area contributed by atoms with Crippen LogP contribution in [0, 0.1) is 53.5 Å². The van der Waals surface area contributed by atoms with Gasteiger partial charge >= 0.3 is 0 Å². The Balaban J connectivity index is 1.73. The van der Waals surface area contributed by atoms with E-state index in [0.717, 1.165) is 24.8 Å². The molecular weight excluding hydrogens is 879 g/mol. The highest BCUT2D eigenvalue weighted by Crippen LogP contribution is 2.39. The largest absolute Gasteiger partial charge is 0.439 e. The molecule has 1 amide bonds. The minimum atomic E-state index is -2.42. The van der Waals surface area contributed by atoms with Crippen LogP contribution < -0.4 is 0 Å². The van der Waals surface area contributed by atoms with Gasteiger partial charge in [0, 0.05) is 57.8 Å². The molecule has 13 nitrogen and oxygen atoms in total. The molecule has 4 N–H and O–H groups in total. The van der Waals surface area contributed by atoms with Crippen molar-refractivity contribution in [2.45, 2.75) is 206 Å². The van der Waals surface area contributed by atoms with Crippen molar-refractivity contribution in [1.29, 1.82) is 0 Å². The molecule has 2 bridgehead atoms. The third-order valence-corrected chi connectivity index (χ3v) is 15.6. The minimum Gasteiger partial charge on any atom is -0.439 e. The number of hydrogen-bond donors (Lipinski definition) is 4. The molecule has 1 saturated carbocycles. The van der Waals surface area contributed by atoms with Crippen molar-refractivity contribution < 1.29 is 58.6 Å². The minimum absolute atomic E-state index is 0.0226. The standard InChI is InChI=1S/C56H87NO12/c1-11-12-18-27-68-49-34-44-24-22-41(8)56(65,69-44)54(63)55(64)57-26-17-16-21-45(57)48(60)33-43(37(4)30-42-23-25-46(58)50(31-42)66-9)32-47(59)38(5)29-40(7)52(62)53(67-10)51(61)39(6)28-35(2)19-14-13-15-20-36(49)3/h13-15,19-20,29,35,37-39,41-47,49-50,52-53,58-59,62,65H,11-12,16-17,21-26,28,30-34H2,1-10H3/b15-13+,19-14+,36-20+,40-29+/t35-,37-,38-,39-,41-,42+,43-,44+,45+,46?,47?,49+,50-,52-,53+,56-/m1/s1. The number of allylic oxidation sites excluding steroid dienone is 5. The Morgan fingerprint density at radius 1 is 0.870 bits per heavy atom. The van der Waals surface area contributed by atoms with Crippen LogP contribution >= 0.6 is 0 Å². The van der Waals surface area contributed by atoms with Crippen molar-refractivity contribution in [1.82, 2.24) is 4.90 Å². The molecule has 0 aromatic rings. The topological polar surface area (TPSA) is 189 Å². The summed E-state index contributed by atoms with van der Waals surface area (Å²) in [5.41, 5.74) is 1.32. The quantitative estimate of drug-likeness (QED) is 0.110. The first-order valence-corrected chi connectivity index (χ1v) is 26.0. The number of carbonyl (C=O) groups excluding carboxylic acids is 4. The number of methoxy groups -OCH3 is 2. The van der Waals surface area contributed by atoms with Crippen molar-refractivity contribution in [2.24, 2.45) is 41.4 Å². The average molecular weight is 966 g/mol. The normalized spacial score (nSPS) is 39.7. The number of hydrogen-bond acceptors (Lipinski definition) is 12. The monoisotopic (exact) mass is 966 g/mol. The maximum atomic E-state index is 14.7. The van der Waals surface area contributed by atoms with Crippen LogP contribution in [0.15, 0.2) is 47.6 Å². The summed E-state index contributed by atoms with van der Waals surface area (Å²) in [6.45, 7) is 15.3.